The molecule has 29 heavy (non-hydrogen) atoms. The molecule has 0 bridgehead atoms. The first-order chi connectivity index (χ1) is 14.2. The number of aromatic nitrogens is 1. The third kappa shape index (κ3) is 3.86. The Morgan fingerprint density at radius 3 is 2.66 bits per heavy atom. The lowest BCUT2D eigenvalue weighted by molar-refractivity contribution is -0.148. The van der Waals surface area contributed by atoms with Gasteiger partial charge < -0.3 is 9.64 Å². The van der Waals surface area contributed by atoms with Crippen LogP contribution in [0.1, 0.15) is 35.7 Å². The van der Waals surface area contributed by atoms with Crippen molar-refractivity contribution in [3.8, 4) is 0 Å². The first-order valence-electron chi connectivity index (χ1n) is 10.1. The summed E-state index contributed by atoms with van der Waals surface area (Å²) < 4.78 is 5.26. The highest BCUT2D eigenvalue weighted by Gasteiger charge is 2.30. The van der Waals surface area contributed by atoms with Gasteiger partial charge in [0.05, 0.1) is 29.3 Å². The Labute approximate surface area is 170 Å². The number of pyridine rings is 1. The van der Waals surface area contributed by atoms with Crippen molar-refractivity contribution in [3.05, 3.63) is 71.9 Å². The maximum Gasteiger partial charge on any atom is 0.310 e. The molecular formula is C24H24N2O3. The molecule has 0 unspecified atom stereocenters. The van der Waals surface area contributed by atoms with Gasteiger partial charge >= 0.3 is 5.97 Å². The highest BCUT2D eigenvalue weighted by Crippen LogP contribution is 2.34. The zero-order chi connectivity index (χ0) is 20.2. The van der Waals surface area contributed by atoms with Gasteiger partial charge in [-0.1, -0.05) is 48.5 Å². The molecule has 2 heterocycles. The molecule has 1 aliphatic rings. The molecule has 1 atom stereocenters. The van der Waals surface area contributed by atoms with E-state index in [0.717, 1.165) is 36.0 Å². The summed E-state index contributed by atoms with van der Waals surface area (Å²) in [4.78, 5) is 32.3. The van der Waals surface area contributed by atoms with E-state index in [1.165, 1.54) is 0 Å². The number of rotatable bonds is 5. The van der Waals surface area contributed by atoms with Gasteiger partial charge in [-0.2, -0.15) is 0 Å². The van der Waals surface area contributed by atoms with Crippen LogP contribution in [0.4, 0.5) is 5.69 Å². The van der Waals surface area contributed by atoms with E-state index in [2.05, 4.69) is 9.88 Å². The van der Waals surface area contributed by atoms with Crippen molar-refractivity contribution in [2.75, 3.05) is 24.6 Å². The highest BCUT2D eigenvalue weighted by atomic mass is 16.5. The Bertz CT molecular complexity index is 1030. The van der Waals surface area contributed by atoms with Gasteiger partial charge in [-0.05, 0) is 25.8 Å². The van der Waals surface area contributed by atoms with Crippen LogP contribution in [0.2, 0.25) is 0 Å². The van der Waals surface area contributed by atoms with Crippen molar-refractivity contribution in [2.45, 2.75) is 19.8 Å². The van der Waals surface area contributed by atoms with Crippen molar-refractivity contribution in [3.63, 3.8) is 0 Å². The molecule has 0 radical (unpaired) electrons. The smallest absolute Gasteiger partial charge is 0.310 e. The number of carbonyl (C=O) groups is 2. The van der Waals surface area contributed by atoms with E-state index in [1.807, 2.05) is 61.5 Å². The van der Waals surface area contributed by atoms with Gasteiger partial charge in [0.2, 0.25) is 0 Å². The van der Waals surface area contributed by atoms with E-state index >= 15 is 0 Å². The van der Waals surface area contributed by atoms with Gasteiger partial charge in [0.15, 0.2) is 5.78 Å². The summed E-state index contributed by atoms with van der Waals surface area (Å²) >= 11 is 0. The predicted molar refractivity (Wildman–Crippen MR) is 113 cm³/mol. The summed E-state index contributed by atoms with van der Waals surface area (Å²) in [7, 11) is 0. The van der Waals surface area contributed by atoms with Crippen LogP contribution in [0.15, 0.2) is 60.8 Å². The van der Waals surface area contributed by atoms with Gasteiger partial charge in [0, 0.05) is 30.2 Å². The molecule has 0 saturated carbocycles. The summed E-state index contributed by atoms with van der Waals surface area (Å²) in [6.07, 6.45) is 3.35. The van der Waals surface area contributed by atoms with Crippen LogP contribution in [0, 0.1) is 5.92 Å². The van der Waals surface area contributed by atoms with E-state index in [-0.39, 0.29) is 17.7 Å². The normalized spacial score (nSPS) is 16.6. The number of hydrogen-bond acceptors (Lipinski definition) is 5. The Kier molecular flexibility index (Phi) is 5.56. The van der Waals surface area contributed by atoms with Crippen LogP contribution < -0.4 is 4.90 Å². The summed E-state index contributed by atoms with van der Waals surface area (Å²) in [6, 6.07) is 17.1. The molecule has 0 aliphatic carbocycles. The minimum absolute atomic E-state index is 0.0582. The highest BCUT2D eigenvalue weighted by molar-refractivity contribution is 6.16. The van der Waals surface area contributed by atoms with Gasteiger partial charge in [-0.15, -0.1) is 0 Å². The lowest BCUT2D eigenvalue weighted by Crippen LogP contribution is -2.40. The average molecular weight is 388 g/mol. The van der Waals surface area contributed by atoms with Gasteiger partial charge in [-0.25, -0.2) is 0 Å². The second-order valence-corrected chi connectivity index (χ2v) is 7.27. The number of carbonyl (C=O) groups excluding carboxylic acids is 2. The quantitative estimate of drug-likeness (QED) is 0.483. The SMILES string of the molecule is CCOC(=O)[C@H]1CCCN(c2c(C(=O)c3ccccc3)cnc3ccccc23)C1. The number of ketones is 1. The molecule has 0 amide bonds. The first-order valence-corrected chi connectivity index (χ1v) is 10.1. The molecule has 2 aromatic carbocycles. The number of hydrogen-bond donors (Lipinski definition) is 0. The Hall–Kier alpha value is -3.21. The van der Waals surface area contributed by atoms with Crippen LogP contribution in [0.25, 0.3) is 10.9 Å². The molecular weight excluding hydrogens is 364 g/mol. The largest absolute Gasteiger partial charge is 0.466 e. The van der Waals surface area contributed by atoms with Crippen LogP contribution in [0.3, 0.4) is 0 Å². The Morgan fingerprint density at radius 2 is 1.86 bits per heavy atom. The molecule has 3 aromatic rings. The number of nitrogens with zero attached hydrogens (tertiary/aromatic N) is 2. The summed E-state index contributed by atoms with van der Waals surface area (Å²) in [6.45, 7) is 3.54. The molecule has 4 rings (SSSR count). The minimum Gasteiger partial charge on any atom is -0.466 e. The molecule has 0 N–H and O–H groups in total. The monoisotopic (exact) mass is 388 g/mol. The maximum atomic E-state index is 13.3. The fourth-order valence-corrected chi connectivity index (χ4v) is 4.01. The van der Waals surface area contributed by atoms with Gasteiger partial charge in [-0.3, -0.25) is 14.6 Å². The van der Waals surface area contributed by atoms with Crippen LogP contribution in [-0.4, -0.2) is 36.4 Å². The molecule has 5 nitrogen and oxygen atoms in total. The number of ether oxygens (including phenoxy) is 1. The summed E-state index contributed by atoms with van der Waals surface area (Å²) in [5.41, 5.74) is 2.90. The molecule has 5 heteroatoms. The van der Waals surface area contributed by atoms with Crippen LogP contribution in [0.5, 0.6) is 0 Å². The van der Waals surface area contributed by atoms with Crippen LogP contribution in [-0.2, 0) is 9.53 Å². The van der Waals surface area contributed by atoms with E-state index in [4.69, 9.17) is 4.74 Å². The minimum atomic E-state index is -0.185. The number of fused-ring (bicyclic) bond motifs is 1. The van der Waals surface area contributed by atoms with Crippen LogP contribution >= 0.6 is 0 Å². The summed E-state index contributed by atoms with van der Waals surface area (Å²) in [5, 5.41) is 0.929. The lowest BCUT2D eigenvalue weighted by atomic mass is 9.94. The third-order valence-corrected chi connectivity index (χ3v) is 5.39. The molecule has 0 spiro atoms. The standard InChI is InChI=1S/C24H24N2O3/c1-2-29-24(28)18-11-8-14-26(16-18)22-19-12-6-7-13-21(19)25-15-20(22)23(27)17-9-4-3-5-10-17/h3-7,9-10,12-13,15,18H,2,8,11,14,16H2,1H3/t18-/m0/s1. The van der Waals surface area contributed by atoms with Gasteiger partial charge in [0.25, 0.3) is 0 Å². The van der Waals surface area contributed by atoms with Crippen molar-refractivity contribution in [1.29, 1.82) is 0 Å². The second-order valence-electron chi connectivity index (χ2n) is 7.27. The van der Waals surface area contributed by atoms with E-state index in [1.54, 1.807) is 6.20 Å². The fraction of sp³-hybridized carbons (Fsp3) is 0.292. The van der Waals surface area contributed by atoms with E-state index in [0.29, 0.717) is 24.3 Å². The second kappa shape index (κ2) is 8.43. The average Bonchev–Trinajstić information content (AvgIpc) is 2.78. The molecule has 1 fully saturated rings. The number of benzene rings is 2. The number of para-hydroxylation sites is 1. The Morgan fingerprint density at radius 1 is 1.10 bits per heavy atom. The number of piperidine rings is 1. The van der Waals surface area contributed by atoms with Crippen molar-refractivity contribution in [1.82, 2.24) is 4.98 Å². The van der Waals surface area contributed by atoms with Crippen molar-refractivity contribution in [2.24, 2.45) is 5.92 Å². The third-order valence-electron chi connectivity index (χ3n) is 5.39. The zero-order valence-corrected chi connectivity index (χ0v) is 16.5. The molecule has 1 aliphatic heterocycles. The molecule has 148 valence electrons. The molecule has 1 aromatic heterocycles. The summed E-state index contributed by atoms with van der Waals surface area (Å²) in [5.74, 6) is -0.404. The zero-order valence-electron chi connectivity index (χ0n) is 16.5. The Balaban J connectivity index is 1.79. The van der Waals surface area contributed by atoms with Crippen molar-refractivity contribution >= 4 is 28.3 Å². The lowest BCUT2D eigenvalue weighted by Gasteiger charge is -2.35. The first kappa shape index (κ1) is 19.1. The number of esters is 1. The fourth-order valence-electron chi connectivity index (χ4n) is 4.01. The van der Waals surface area contributed by atoms with Gasteiger partial charge in [0.1, 0.15) is 0 Å². The maximum absolute atomic E-state index is 13.3. The number of anilines is 1. The van der Waals surface area contributed by atoms with Crippen molar-refractivity contribution < 1.29 is 14.3 Å². The predicted octanol–water partition coefficient (Wildman–Crippen LogP) is 4.25. The van der Waals surface area contributed by atoms with E-state index < -0.39 is 0 Å². The van der Waals surface area contributed by atoms with E-state index in [9.17, 15) is 9.59 Å². The molecule has 1 saturated heterocycles. The topological polar surface area (TPSA) is 59.5 Å².